The van der Waals surface area contributed by atoms with Gasteiger partial charge in [0.1, 0.15) is 6.10 Å². The third kappa shape index (κ3) is 3.68. The molecule has 0 spiro atoms. The molecule has 0 aliphatic carbocycles. The highest BCUT2D eigenvalue weighted by Gasteiger charge is 2.10. The summed E-state index contributed by atoms with van der Waals surface area (Å²) < 4.78 is 14.9. The fraction of sp³-hybridized carbons (Fsp3) is 0.308. The Morgan fingerprint density at radius 3 is 2.78 bits per heavy atom. The highest BCUT2D eigenvalue weighted by molar-refractivity contribution is 5.65. The van der Waals surface area contributed by atoms with Gasteiger partial charge in [-0.25, -0.2) is 0 Å². The molecule has 0 saturated heterocycles. The minimum Gasteiger partial charge on any atom is -0.493 e. The summed E-state index contributed by atoms with van der Waals surface area (Å²) in [4.78, 5) is 10.6. The van der Waals surface area contributed by atoms with Gasteiger partial charge in [-0.15, -0.1) is 6.42 Å². The molecule has 0 saturated carbocycles. The molecule has 5 heteroatoms. The molecular formula is C13H14O5. The molecular weight excluding hydrogens is 236 g/mol. The van der Waals surface area contributed by atoms with Crippen molar-refractivity contribution in [2.24, 2.45) is 0 Å². The number of benzene rings is 1. The summed E-state index contributed by atoms with van der Waals surface area (Å²) in [5.74, 6) is 2.56. The van der Waals surface area contributed by atoms with Gasteiger partial charge in [-0.05, 0) is 17.7 Å². The van der Waals surface area contributed by atoms with Crippen molar-refractivity contribution in [1.29, 1.82) is 0 Å². The number of terminal acetylenes is 1. The number of carbonyl (C=O) groups is 1. The zero-order valence-electron chi connectivity index (χ0n) is 10.2. The smallest absolute Gasteiger partial charge is 0.305 e. The Labute approximate surface area is 105 Å². The summed E-state index contributed by atoms with van der Waals surface area (Å²) in [5.41, 5.74) is 0.522. The van der Waals surface area contributed by atoms with Crippen LogP contribution in [-0.2, 0) is 9.53 Å². The predicted octanol–water partition coefficient (Wildman–Crippen LogP) is 1.26. The number of ether oxygens (including phenoxy) is 3. The largest absolute Gasteiger partial charge is 0.493 e. The number of methoxy groups -OCH3 is 1. The lowest BCUT2D eigenvalue weighted by molar-refractivity contribution is -0.147. The molecule has 5 nitrogen and oxygen atoms in total. The van der Waals surface area contributed by atoms with Crippen molar-refractivity contribution >= 4 is 5.97 Å². The van der Waals surface area contributed by atoms with Gasteiger partial charge in [-0.3, -0.25) is 4.79 Å². The lowest BCUT2D eigenvalue weighted by atomic mass is 10.1. The number of aliphatic hydroxyl groups is 1. The van der Waals surface area contributed by atoms with Crippen LogP contribution in [0.15, 0.2) is 18.2 Å². The van der Waals surface area contributed by atoms with E-state index < -0.39 is 12.1 Å². The van der Waals surface area contributed by atoms with Gasteiger partial charge in [0.2, 0.25) is 6.79 Å². The standard InChI is InChI=1S/C13H14O5/c1-4-11(15)10-5-6-12(13(7-10)16-3)18-8-17-9(2)14/h1,5-7,11,15H,8H2,2-3H3. The highest BCUT2D eigenvalue weighted by Crippen LogP contribution is 2.30. The van der Waals surface area contributed by atoms with Gasteiger partial charge in [-0.1, -0.05) is 12.0 Å². The van der Waals surface area contributed by atoms with Crippen LogP contribution in [0.1, 0.15) is 18.6 Å². The van der Waals surface area contributed by atoms with Crippen molar-refractivity contribution < 1.29 is 24.1 Å². The number of aliphatic hydroxyl groups excluding tert-OH is 1. The summed E-state index contributed by atoms with van der Waals surface area (Å²) in [6, 6.07) is 4.75. The van der Waals surface area contributed by atoms with E-state index in [1.165, 1.54) is 14.0 Å². The molecule has 1 aromatic carbocycles. The summed E-state index contributed by atoms with van der Waals surface area (Å²) in [5, 5.41) is 9.49. The first kappa shape index (κ1) is 13.9. The van der Waals surface area contributed by atoms with Crippen LogP contribution >= 0.6 is 0 Å². The fourth-order valence-corrected chi connectivity index (χ4v) is 1.25. The van der Waals surface area contributed by atoms with Gasteiger partial charge in [0.15, 0.2) is 11.5 Å². The van der Waals surface area contributed by atoms with Gasteiger partial charge in [0.25, 0.3) is 0 Å². The maximum absolute atomic E-state index is 10.6. The van der Waals surface area contributed by atoms with Crippen LogP contribution in [0.5, 0.6) is 11.5 Å². The Hall–Kier alpha value is -2.19. The normalized spacial score (nSPS) is 11.2. The molecule has 1 unspecified atom stereocenters. The molecule has 0 amide bonds. The molecule has 0 aliphatic rings. The van der Waals surface area contributed by atoms with E-state index in [2.05, 4.69) is 10.7 Å². The summed E-state index contributed by atoms with van der Waals surface area (Å²) in [7, 11) is 1.46. The Balaban J connectivity index is 2.80. The van der Waals surface area contributed by atoms with Gasteiger partial charge in [0, 0.05) is 6.92 Å². The van der Waals surface area contributed by atoms with Gasteiger partial charge in [-0.2, -0.15) is 0 Å². The minimum absolute atomic E-state index is 0.206. The summed E-state index contributed by atoms with van der Waals surface area (Å²) in [6.07, 6.45) is 4.12. The second-order valence-corrected chi connectivity index (χ2v) is 3.38. The Morgan fingerprint density at radius 1 is 1.50 bits per heavy atom. The second-order valence-electron chi connectivity index (χ2n) is 3.38. The number of carbonyl (C=O) groups excluding carboxylic acids is 1. The van der Waals surface area contributed by atoms with Crippen molar-refractivity contribution in [3.8, 4) is 23.8 Å². The van der Waals surface area contributed by atoms with E-state index in [4.69, 9.17) is 15.9 Å². The molecule has 0 radical (unpaired) electrons. The molecule has 0 aliphatic heterocycles. The molecule has 0 aromatic heterocycles. The van der Waals surface area contributed by atoms with Crippen molar-refractivity contribution in [3.05, 3.63) is 23.8 Å². The SMILES string of the molecule is C#CC(O)c1ccc(OCOC(C)=O)c(OC)c1. The number of hydrogen-bond acceptors (Lipinski definition) is 5. The fourth-order valence-electron chi connectivity index (χ4n) is 1.25. The molecule has 96 valence electrons. The Kier molecular flexibility index (Phi) is 5.03. The molecule has 1 rings (SSSR count). The summed E-state index contributed by atoms with van der Waals surface area (Å²) >= 11 is 0. The van der Waals surface area contributed by atoms with Crippen LogP contribution < -0.4 is 9.47 Å². The monoisotopic (exact) mass is 250 g/mol. The van der Waals surface area contributed by atoms with Gasteiger partial charge in [0.05, 0.1) is 7.11 Å². The average Bonchev–Trinajstić information content (AvgIpc) is 2.37. The molecule has 18 heavy (non-hydrogen) atoms. The highest BCUT2D eigenvalue weighted by atomic mass is 16.7. The van der Waals surface area contributed by atoms with Crippen LogP contribution in [0.2, 0.25) is 0 Å². The van der Waals surface area contributed by atoms with E-state index in [1.54, 1.807) is 18.2 Å². The summed E-state index contributed by atoms with van der Waals surface area (Å²) in [6.45, 7) is 1.08. The number of esters is 1. The molecule has 0 heterocycles. The maximum atomic E-state index is 10.6. The van der Waals surface area contributed by atoms with E-state index in [0.29, 0.717) is 17.1 Å². The van der Waals surface area contributed by atoms with Crippen molar-refractivity contribution in [2.75, 3.05) is 13.9 Å². The minimum atomic E-state index is -0.999. The van der Waals surface area contributed by atoms with Crippen LogP contribution in [0.4, 0.5) is 0 Å². The zero-order valence-corrected chi connectivity index (χ0v) is 10.2. The van der Waals surface area contributed by atoms with Crippen LogP contribution in [0, 0.1) is 12.3 Å². The first-order valence-electron chi connectivity index (χ1n) is 5.16. The Bertz CT molecular complexity index is 461. The van der Waals surface area contributed by atoms with E-state index in [9.17, 15) is 9.90 Å². The van der Waals surface area contributed by atoms with E-state index in [0.717, 1.165) is 0 Å². The maximum Gasteiger partial charge on any atom is 0.305 e. The third-order valence-electron chi connectivity index (χ3n) is 2.14. The quantitative estimate of drug-likeness (QED) is 0.484. The molecule has 1 N–H and O–H groups in total. The lowest BCUT2D eigenvalue weighted by Gasteiger charge is -2.12. The van der Waals surface area contributed by atoms with Gasteiger partial charge >= 0.3 is 5.97 Å². The van der Waals surface area contributed by atoms with E-state index in [-0.39, 0.29) is 6.79 Å². The van der Waals surface area contributed by atoms with Crippen LogP contribution in [-0.4, -0.2) is 25.0 Å². The van der Waals surface area contributed by atoms with Crippen LogP contribution in [0.25, 0.3) is 0 Å². The van der Waals surface area contributed by atoms with E-state index in [1.807, 2.05) is 0 Å². The molecule has 0 bridgehead atoms. The predicted molar refractivity (Wildman–Crippen MR) is 64.0 cm³/mol. The molecule has 0 fully saturated rings. The first-order valence-corrected chi connectivity index (χ1v) is 5.16. The van der Waals surface area contributed by atoms with Gasteiger partial charge < -0.3 is 19.3 Å². The zero-order chi connectivity index (χ0) is 13.5. The van der Waals surface area contributed by atoms with E-state index >= 15 is 0 Å². The lowest BCUT2D eigenvalue weighted by Crippen LogP contribution is -2.07. The number of rotatable bonds is 5. The second kappa shape index (κ2) is 6.52. The third-order valence-corrected chi connectivity index (χ3v) is 2.14. The topological polar surface area (TPSA) is 65.0 Å². The average molecular weight is 250 g/mol. The molecule has 1 aromatic rings. The van der Waals surface area contributed by atoms with Crippen LogP contribution in [0.3, 0.4) is 0 Å². The van der Waals surface area contributed by atoms with Crippen molar-refractivity contribution in [2.45, 2.75) is 13.0 Å². The molecule has 1 atom stereocenters. The Morgan fingerprint density at radius 2 is 2.22 bits per heavy atom. The van der Waals surface area contributed by atoms with Crippen molar-refractivity contribution in [3.63, 3.8) is 0 Å². The number of hydrogen-bond donors (Lipinski definition) is 1. The van der Waals surface area contributed by atoms with Crippen molar-refractivity contribution in [1.82, 2.24) is 0 Å². The first-order chi connectivity index (χ1) is 8.58.